The molecule has 3 rings (SSSR count). The lowest BCUT2D eigenvalue weighted by atomic mass is 10.1. The van der Waals surface area contributed by atoms with Crippen LogP contribution in [-0.2, 0) is 12.8 Å². The number of carbonyl (C=O) groups is 1. The Morgan fingerprint density at radius 1 is 1.23 bits per heavy atom. The van der Waals surface area contributed by atoms with Crippen molar-refractivity contribution in [1.82, 2.24) is 10.3 Å². The first-order valence-electron chi connectivity index (χ1n) is 9.03. The predicted octanol–water partition coefficient (Wildman–Crippen LogP) is 4.52. The highest BCUT2D eigenvalue weighted by Crippen LogP contribution is 2.32. The molecule has 0 bridgehead atoms. The van der Waals surface area contributed by atoms with Crippen molar-refractivity contribution < 1.29 is 27.8 Å². The van der Waals surface area contributed by atoms with Gasteiger partial charge in [-0.25, -0.2) is 4.98 Å². The van der Waals surface area contributed by atoms with Crippen molar-refractivity contribution >= 4 is 17.2 Å². The van der Waals surface area contributed by atoms with E-state index in [1.54, 1.807) is 36.6 Å². The molecule has 2 N–H and O–H groups in total. The Balaban J connectivity index is 1.62. The highest BCUT2D eigenvalue weighted by Gasteiger charge is 2.30. The van der Waals surface area contributed by atoms with E-state index < -0.39 is 17.8 Å². The number of carbonyl (C=O) groups excluding carboxylic acids is 1. The first-order chi connectivity index (χ1) is 14.2. The largest absolute Gasteiger partial charge is 0.487 e. The molecule has 1 amide bonds. The Kier molecular flexibility index (Phi) is 6.73. The van der Waals surface area contributed by atoms with E-state index in [0.29, 0.717) is 27.6 Å². The molecule has 0 saturated carbocycles. The molecule has 1 heterocycles. The lowest BCUT2D eigenvalue weighted by Crippen LogP contribution is -2.30. The van der Waals surface area contributed by atoms with Crippen molar-refractivity contribution in [3.05, 3.63) is 70.7 Å². The molecule has 3 aromatic rings. The lowest BCUT2D eigenvalue weighted by molar-refractivity contribution is -0.137. The Hall–Kier alpha value is -2.91. The second-order valence-electron chi connectivity index (χ2n) is 6.59. The van der Waals surface area contributed by atoms with Crippen LogP contribution in [0, 0.1) is 0 Å². The second kappa shape index (κ2) is 9.27. The number of alkyl halides is 3. The minimum Gasteiger partial charge on any atom is -0.487 e. The molecule has 0 aliphatic carbocycles. The maximum atomic E-state index is 12.7. The highest BCUT2D eigenvalue weighted by molar-refractivity contribution is 7.13. The number of rotatable bonds is 7. The van der Waals surface area contributed by atoms with Crippen molar-refractivity contribution in [2.45, 2.75) is 25.8 Å². The number of amides is 1. The normalized spacial score (nSPS) is 12.4. The summed E-state index contributed by atoms with van der Waals surface area (Å²) in [4.78, 5) is 16.5. The molecule has 1 aromatic heterocycles. The van der Waals surface area contributed by atoms with Crippen LogP contribution in [0.2, 0.25) is 0 Å². The molecule has 1 atom stereocenters. The number of aromatic nitrogens is 1. The number of thiazole rings is 1. The van der Waals surface area contributed by atoms with Gasteiger partial charge >= 0.3 is 6.18 Å². The number of hydrogen-bond donors (Lipinski definition) is 2. The lowest BCUT2D eigenvalue weighted by Gasteiger charge is -2.09. The van der Waals surface area contributed by atoms with E-state index in [1.807, 2.05) is 0 Å². The summed E-state index contributed by atoms with van der Waals surface area (Å²) in [6, 6.07) is 11.4. The highest BCUT2D eigenvalue weighted by atomic mass is 32.1. The average molecular weight is 436 g/mol. The van der Waals surface area contributed by atoms with Crippen molar-refractivity contribution in [3.63, 3.8) is 0 Å². The van der Waals surface area contributed by atoms with Crippen molar-refractivity contribution in [1.29, 1.82) is 0 Å². The fourth-order valence-corrected chi connectivity index (χ4v) is 3.35. The first-order valence-corrected chi connectivity index (χ1v) is 9.91. The topological polar surface area (TPSA) is 71.5 Å². The molecule has 9 heteroatoms. The Bertz CT molecular complexity index is 1000. The number of benzene rings is 2. The smallest absolute Gasteiger partial charge is 0.416 e. The number of aliphatic hydroxyl groups excluding tert-OH is 1. The standard InChI is InChI=1S/C21H19F3N2O3S/c1-13(27)10-25-19(28)15-3-2-4-18(9-15)29-11-17-12-30-20(26-17)14-5-7-16(8-6-14)21(22,23)24/h2-9,12-13,27H,10-11H2,1H3,(H,25,28). The minimum absolute atomic E-state index is 0.148. The van der Waals surface area contributed by atoms with Crippen LogP contribution in [0.3, 0.4) is 0 Å². The van der Waals surface area contributed by atoms with Crippen molar-refractivity contribution in [2.75, 3.05) is 6.54 Å². The molecule has 0 radical (unpaired) electrons. The van der Waals surface area contributed by atoms with Crippen molar-refractivity contribution in [2.24, 2.45) is 0 Å². The van der Waals surface area contributed by atoms with E-state index in [0.717, 1.165) is 12.1 Å². The third-order valence-corrected chi connectivity index (χ3v) is 4.99. The van der Waals surface area contributed by atoms with E-state index in [2.05, 4.69) is 10.3 Å². The van der Waals surface area contributed by atoms with Gasteiger partial charge in [0.05, 0.1) is 17.4 Å². The molecule has 0 saturated heterocycles. The second-order valence-corrected chi connectivity index (χ2v) is 7.45. The third kappa shape index (κ3) is 5.80. The predicted molar refractivity (Wildman–Crippen MR) is 107 cm³/mol. The zero-order valence-electron chi connectivity index (χ0n) is 15.9. The average Bonchev–Trinajstić information content (AvgIpc) is 3.19. The van der Waals surface area contributed by atoms with E-state index in [9.17, 15) is 23.1 Å². The van der Waals surface area contributed by atoms with Crippen LogP contribution >= 0.6 is 11.3 Å². The number of hydrogen-bond acceptors (Lipinski definition) is 5. The van der Waals surface area contributed by atoms with Gasteiger partial charge < -0.3 is 15.2 Å². The number of ether oxygens (including phenoxy) is 1. The maximum absolute atomic E-state index is 12.7. The zero-order chi connectivity index (χ0) is 21.7. The Labute approximate surface area is 175 Å². The number of nitrogens with one attached hydrogen (secondary N) is 1. The van der Waals surface area contributed by atoms with E-state index >= 15 is 0 Å². The summed E-state index contributed by atoms with van der Waals surface area (Å²) < 4.78 is 43.7. The molecular weight excluding hydrogens is 417 g/mol. The molecule has 0 fully saturated rings. The number of aliphatic hydroxyl groups is 1. The minimum atomic E-state index is -4.37. The first kappa shape index (κ1) is 21.8. The van der Waals surface area contributed by atoms with Crippen LogP contribution in [0.1, 0.15) is 28.5 Å². The third-order valence-electron chi connectivity index (χ3n) is 4.05. The van der Waals surface area contributed by atoms with Crippen molar-refractivity contribution in [3.8, 4) is 16.3 Å². The van der Waals surface area contributed by atoms with Crippen LogP contribution in [-0.4, -0.2) is 28.6 Å². The van der Waals surface area contributed by atoms with Gasteiger partial charge in [-0.3, -0.25) is 4.79 Å². The van der Waals surface area contributed by atoms with E-state index in [-0.39, 0.29) is 19.1 Å². The Morgan fingerprint density at radius 3 is 2.63 bits per heavy atom. The van der Waals surface area contributed by atoms with Gasteiger partial charge in [0.25, 0.3) is 5.91 Å². The van der Waals surface area contributed by atoms with Gasteiger partial charge in [0.15, 0.2) is 0 Å². The summed E-state index contributed by atoms with van der Waals surface area (Å²) in [6.45, 7) is 1.87. The summed E-state index contributed by atoms with van der Waals surface area (Å²) in [7, 11) is 0. The Morgan fingerprint density at radius 2 is 1.97 bits per heavy atom. The molecule has 1 unspecified atom stereocenters. The van der Waals surface area contributed by atoms with Crippen LogP contribution in [0.15, 0.2) is 53.9 Å². The van der Waals surface area contributed by atoms with Crippen LogP contribution in [0.5, 0.6) is 5.75 Å². The molecular formula is C21H19F3N2O3S. The molecule has 2 aromatic carbocycles. The van der Waals surface area contributed by atoms with E-state index in [1.165, 1.54) is 23.5 Å². The van der Waals surface area contributed by atoms with Gasteiger partial charge in [0.1, 0.15) is 17.4 Å². The van der Waals surface area contributed by atoms with Gasteiger partial charge in [0.2, 0.25) is 0 Å². The molecule has 5 nitrogen and oxygen atoms in total. The van der Waals surface area contributed by atoms with Gasteiger partial charge in [0, 0.05) is 23.1 Å². The fourth-order valence-electron chi connectivity index (χ4n) is 2.53. The zero-order valence-corrected chi connectivity index (χ0v) is 16.8. The quantitative estimate of drug-likeness (QED) is 0.571. The molecule has 0 aliphatic heterocycles. The summed E-state index contributed by atoms with van der Waals surface area (Å²) in [5.41, 5.74) is 0.912. The summed E-state index contributed by atoms with van der Waals surface area (Å²) >= 11 is 1.31. The van der Waals surface area contributed by atoms with E-state index in [4.69, 9.17) is 4.74 Å². The van der Waals surface area contributed by atoms with Gasteiger partial charge in [-0.2, -0.15) is 13.2 Å². The van der Waals surface area contributed by atoms with Crippen LogP contribution < -0.4 is 10.1 Å². The van der Waals surface area contributed by atoms with Gasteiger partial charge in [-0.05, 0) is 37.3 Å². The van der Waals surface area contributed by atoms with Gasteiger partial charge in [-0.1, -0.05) is 18.2 Å². The number of nitrogens with zero attached hydrogens (tertiary/aromatic N) is 1. The summed E-state index contributed by atoms with van der Waals surface area (Å²) in [5.74, 6) is 0.156. The van der Waals surface area contributed by atoms with Crippen LogP contribution in [0.4, 0.5) is 13.2 Å². The fraction of sp³-hybridized carbons (Fsp3) is 0.238. The van der Waals surface area contributed by atoms with Gasteiger partial charge in [-0.15, -0.1) is 11.3 Å². The van der Waals surface area contributed by atoms with Crippen LogP contribution in [0.25, 0.3) is 10.6 Å². The number of halogens is 3. The maximum Gasteiger partial charge on any atom is 0.416 e. The SMILES string of the molecule is CC(O)CNC(=O)c1cccc(OCc2csc(-c3ccc(C(F)(F)F)cc3)n2)c1. The molecule has 30 heavy (non-hydrogen) atoms. The molecule has 0 aliphatic rings. The summed E-state index contributed by atoms with van der Waals surface area (Å²) in [5, 5.41) is 14.2. The molecule has 0 spiro atoms. The molecule has 158 valence electrons. The summed E-state index contributed by atoms with van der Waals surface area (Å²) in [6.07, 6.45) is -5.01. The monoisotopic (exact) mass is 436 g/mol.